The van der Waals surface area contributed by atoms with Crippen molar-refractivity contribution in [1.29, 1.82) is 0 Å². The fourth-order valence-corrected chi connectivity index (χ4v) is 2.36. The van der Waals surface area contributed by atoms with Crippen LogP contribution < -0.4 is 0 Å². The lowest BCUT2D eigenvalue weighted by Crippen LogP contribution is -2.17. The normalized spacial score (nSPS) is 13.2. The van der Waals surface area contributed by atoms with Gasteiger partial charge in [-0.3, -0.25) is 4.79 Å². The number of hydrazone groups is 1. The number of benzene rings is 2. The number of nitrogens with zero attached hydrogens (tertiary/aromatic N) is 2. The Bertz CT molecular complexity index is 815. The molecular formula is C18H17F3N2O. The third kappa shape index (κ3) is 4.01. The minimum absolute atomic E-state index is 0.0120. The number of ketones is 1. The van der Waals surface area contributed by atoms with E-state index in [-0.39, 0.29) is 11.3 Å². The van der Waals surface area contributed by atoms with Gasteiger partial charge < -0.3 is 5.01 Å². The summed E-state index contributed by atoms with van der Waals surface area (Å²) < 4.78 is 40.6. The Morgan fingerprint density at radius 1 is 1.08 bits per heavy atom. The standard InChI is InChI=1S/C18H17F3N2O/c1-12(22-23(2)3)17(24)11-16(18(19,20)21)15-10-6-8-13-7-4-5-9-14(13)15/h4-11H,1-3H3/b16-11+,22-12+. The molecule has 24 heavy (non-hydrogen) atoms. The second kappa shape index (κ2) is 6.86. The lowest BCUT2D eigenvalue weighted by atomic mass is 9.96. The molecule has 0 bridgehead atoms. The van der Waals surface area contributed by atoms with E-state index in [0.717, 1.165) is 0 Å². The maximum absolute atomic E-state index is 13.5. The van der Waals surface area contributed by atoms with Crippen LogP contribution in [-0.2, 0) is 4.79 Å². The average molecular weight is 334 g/mol. The van der Waals surface area contributed by atoms with E-state index in [1.54, 1.807) is 50.5 Å². The lowest BCUT2D eigenvalue weighted by molar-refractivity contribution is -0.109. The van der Waals surface area contributed by atoms with Crippen molar-refractivity contribution >= 4 is 27.8 Å². The molecule has 126 valence electrons. The largest absolute Gasteiger partial charge is 0.417 e. The van der Waals surface area contributed by atoms with Gasteiger partial charge in [0, 0.05) is 20.2 Å². The fraction of sp³-hybridized carbons (Fsp3) is 0.222. The van der Waals surface area contributed by atoms with E-state index in [0.29, 0.717) is 16.8 Å². The molecule has 0 unspecified atom stereocenters. The van der Waals surface area contributed by atoms with Crippen molar-refractivity contribution in [1.82, 2.24) is 5.01 Å². The molecule has 0 aliphatic heterocycles. The Labute approximate surface area is 138 Å². The Kier molecular flexibility index (Phi) is 5.07. The predicted octanol–water partition coefficient (Wildman–Crippen LogP) is 4.29. The van der Waals surface area contributed by atoms with Gasteiger partial charge in [-0.25, -0.2) is 0 Å². The van der Waals surface area contributed by atoms with Crippen LogP contribution in [0.2, 0.25) is 0 Å². The number of alkyl halides is 3. The summed E-state index contributed by atoms with van der Waals surface area (Å²) in [5.41, 5.74) is -1.01. The van der Waals surface area contributed by atoms with Crippen LogP contribution in [0.5, 0.6) is 0 Å². The molecule has 2 aromatic rings. The minimum atomic E-state index is -4.65. The molecule has 0 radical (unpaired) electrons. The number of allylic oxidation sites excluding steroid dienone is 2. The molecule has 0 aromatic heterocycles. The van der Waals surface area contributed by atoms with Crippen molar-refractivity contribution < 1.29 is 18.0 Å². The number of hydrogen-bond donors (Lipinski definition) is 0. The highest BCUT2D eigenvalue weighted by molar-refractivity contribution is 6.44. The van der Waals surface area contributed by atoms with E-state index in [1.165, 1.54) is 18.0 Å². The Hall–Kier alpha value is -2.63. The zero-order valence-corrected chi connectivity index (χ0v) is 13.6. The van der Waals surface area contributed by atoms with E-state index in [1.807, 2.05) is 0 Å². The van der Waals surface area contributed by atoms with Gasteiger partial charge in [-0.15, -0.1) is 0 Å². The number of rotatable bonds is 4. The number of carbonyl (C=O) groups excluding carboxylic acids is 1. The van der Waals surface area contributed by atoms with Crippen LogP contribution >= 0.6 is 0 Å². The summed E-state index contributed by atoms with van der Waals surface area (Å²) in [7, 11) is 3.19. The summed E-state index contributed by atoms with van der Waals surface area (Å²) in [5, 5.41) is 6.34. The minimum Gasteiger partial charge on any atom is -0.303 e. The van der Waals surface area contributed by atoms with Gasteiger partial charge >= 0.3 is 6.18 Å². The SMILES string of the molecule is C/C(=N\N(C)C)C(=O)/C=C(\c1cccc2ccccc12)C(F)(F)F. The van der Waals surface area contributed by atoms with Crippen LogP contribution in [0.3, 0.4) is 0 Å². The monoisotopic (exact) mass is 334 g/mol. The van der Waals surface area contributed by atoms with Crippen LogP contribution in [0.25, 0.3) is 16.3 Å². The third-order valence-electron chi connectivity index (χ3n) is 3.37. The van der Waals surface area contributed by atoms with Crippen molar-refractivity contribution in [3.63, 3.8) is 0 Å². The second-order valence-electron chi connectivity index (χ2n) is 5.48. The van der Waals surface area contributed by atoms with Crippen molar-refractivity contribution in [3.8, 4) is 0 Å². The van der Waals surface area contributed by atoms with Gasteiger partial charge in [0.2, 0.25) is 5.78 Å². The maximum atomic E-state index is 13.5. The van der Waals surface area contributed by atoms with Gasteiger partial charge in [-0.1, -0.05) is 42.5 Å². The zero-order valence-electron chi connectivity index (χ0n) is 13.6. The van der Waals surface area contributed by atoms with Gasteiger partial charge in [0.05, 0.1) is 5.57 Å². The van der Waals surface area contributed by atoms with E-state index >= 15 is 0 Å². The van der Waals surface area contributed by atoms with E-state index in [4.69, 9.17) is 0 Å². The smallest absolute Gasteiger partial charge is 0.303 e. The second-order valence-corrected chi connectivity index (χ2v) is 5.48. The van der Waals surface area contributed by atoms with Gasteiger partial charge in [-0.05, 0) is 23.3 Å². The molecule has 2 rings (SSSR count). The molecule has 2 aromatic carbocycles. The van der Waals surface area contributed by atoms with Gasteiger partial charge in [0.15, 0.2) is 0 Å². The molecule has 0 saturated carbocycles. The summed E-state index contributed by atoms with van der Waals surface area (Å²) in [4.78, 5) is 12.1. The molecule has 0 fully saturated rings. The quantitative estimate of drug-likeness (QED) is 0.475. The number of halogens is 3. The fourth-order valence-electron chi connectivity index (χ4n) is 2.36. The van der Waals surface area contributed by atoms with Gasteiger partial charge in [-0.2, -0.15) is 18.3 Å². The number of fused-ring (bicyclic) bond motifs is 1. The Morgan fingerprint density at radius 2 is 1.71 bits per heavy atom. The highest BCUT2D eigenvalue weighted by atomic mass is 19.4. The van der Waals surface area contributed by atoms with Crippen molar-refractivity contribution in [2.45, 2.75) is 13.1 Å². The lowest BCUT2D eigenvalue weighted by Gasteiger charge is -2.14. The molecule has 0 N–H and O–H groups in total. The Balaban J connectivity index is 2.62. The van der Waals surface area contributed by atoms with Crippen molar-refractivity contribution in [3.05, 3.63) is 54.1 Å². The first-order chi connectivity index (χ1) is 11.2. The van der Waals surface area contributed by atoms with E-state index < -0.39 is 17.5 Å². The number of hydrogen-bond acceptors (Lipinski definition) is 3. The number of carbonyl (C=O) groups is 1. The van der Waals surface area contributed by atoms with E-state index in [2.05, 4.69) is 5.10 Å². The highest BCUT2D eigenvalue weighted by Crippen LogP contribution is 2.37. The summed E-state index contributed by atoms with van der Waals surface area (Å²) in [5.74, 6) is -0.774. The molecule has 0 atom stereocenters. The van der Waals surface area contributed by atoms with Crippen LogP contribution in [0.4, 0.5) is 13.2 Å². The summed E-state index contributed by atoms with van der Waals surface area (Å²) in [6.45, 7) is 1.38. The van der Waals surface area contributed by atoms with Crippen LogP contribution in [-0.4, -0.2) is 36.8 Å². The summed E-state index contributed by atoms with van der Waals surface area (Å²) >= 11 is 0. The van der Waals surface area contributed by atoms with Crippen LogP contribution in [0.15, 0.2) is 53.6 Å². The summed E-state index contributed by atoms with van der Waals surface area (Å²) in [6.07, 6.45) is -4.04. The zero-order chi connectivity index (χ0) is 17.9. The molecule has 0 heterocycles. The van der Waals surface area contributed by atoms with Crippen molar-refractivity contribution in [2.24, 2.45) is 5.10 Å². The van der Waals surface area contributed by atoms with Crippen molar-refractivity contribution in [2.75, 3.05) is 14.1 Å². The molecule has 0 saturated heterocycles. The Morgan fingerprint density at radius 3 is 2.33 bits per heavy atom. The van der Waals surface area contributed by atoms with E-state index in [9.17, 15) is 18.0 Å². The maximum Gasteiger partial charge on any atom is 0.417 e. The molecule has 0 amide bonds. The summed E-state index contributed by atoms with van der Waals surface area (Å²) in [6, 6.07) is 11.4. The molecule has 0 aliphatic carbocycles. The van der Waals surface area contributed by atoms with Gasteiger partial charge in [0.1, 0.15) is 5.71 Å². The molecule has 6 heteroatoms. The topological polar surface area (TPSA) is 32.7 Å². The van der Waals surface area contributed by atoms with Crippen LogP contribution in [0, 0.1) is 0 Å². The molecule has 0 spiro atoms. The molecule has 0 aliphatic rings. The predicted molar refractivity (Wildman–Crippen MR) is 89.8 cm³/mol. The molecular weight excluding hydrogens is 317 g/mol. The third-order valence-corrected chi connectivity index (χ3v) is 3.37. The highest BCUT2D eigenvalue weighted by Gasteiger charge is 2.36. The average Bonchev–Trinajstić information content (AvgIpc) is 2.50. The van der Waals surface area contributed by atoms with Crippen LogP contribution in [0.1, 0.15) is 12.5 Å². The van der Waals surface area contributed by atoms with Gasteiger partial charge in [0.25, 0.3) is 0 Å². The first-order valence-electron chi connectivity index (χ1n) is 7.24. The first kappa shape index (κ1) is 17.7. The first-order valence-corrected chi connectivity index (χ1v) is 7.24. The molecule has 3 nitrogen and oxygen atoms in total.